The maximum atomic E-state index is 12.6. The van der Waals surface area contributed by atoms with E-state index in [1.165, 1.54) is 11.1 Å². The average molecular weight is 383 g/mol. The summed E-state index contributed by atoms with van der Waals surface area (Å²) >= 11 is 0. The van der Waals surface area contributed by atoms with E-state index >= 15 is 0 Å². The molecule has 3 rings (SSSR count). The molecule has 0 saturated heterocycles. The van der Waals surface area contributed by atoms with Crippen molar-refractivity contribution in [1.82, 2.24) is 4.90 Å². The molecule has 0 unspecified atom stereocenters. The fourth-order valence-corrected chi connectivity index (χ4v) is 3.64. The lowest BCUT2D eigenvalue weighted by atomic mass is 9.93. The Morgan fingerprint density at radius 1 is 1.14 bits per heavy atom. The molecule has 0 spiro atoms. The van der Waals surface area contributed by atoms with Crippen molar-refractivity contribution in [2.24, 2.45) is 0 Å². The maximum Gasteiger partial charge on any atom is 0.238 e. The van der Waals surface area contributed by atoms with E-state index in [9.17, 15) is 4.79 Å². The molecule has 1 atom stereocenters. The molecule has 6 nitrogen and oxygen atoms in total. The minimum Gasteiger partial charge on any atom is -0.493 e. The lowest BCUT2D eigenvalue weighted by Crippen LogP contribution is -2.39. The van der Waals surface area contributed by atoms with Crippen molar-refractivity contribution in [3.8, 4) is 11.5 Å². The summed E-state index contributed by atoms with van der Waals surface area (Å²) in [7, 11) is 7.28. The molecule has 6 heteroatoms. The zero-order valence-corrected chi connectivity index (χ0v) is 17.3. The Kier molecular flexibility index (Phi) is 6.09. The molecule has 0 fully saturated rings. The third kappa shape index (κ3) is 4.22. The smallest absolute Gasteiger partial charge is 0.238 e. The Morgan fingerprint density at radius 2 is 1.79 bits per heavy atom. The van der Waals surface area contributed by atoms with Crippen LogP contribution >= 0.6 is 0 Å². The number of carbonyl (C=O) groups is 1. The van der Waals surface area contributed by atoms with Crippen molar-refractivity contribution in [1.29, 1.82) is 0 Å². The van der Waals surface area contributed by atoms with Crippen LogP contribution in [-0.4, -0.2) is 52.2 Å². The normalized spacial score (nSPS) is 16.2. The number of rotatable bonds is 6. The van der Waals surface area contributed by atoms with Crippen LogP contribution < -0.4 is 19.7 Å². The minimum atomic E-state index is -0.00613. The van der Waals surface area contributed by atoms with E-state index in [0.29, 0.717) is 6.54 Å². The second-order valence-electron chi connectivity index (χ2n) is 7.29. The summed E-state index contributed by atoms with van der Waals surface area (Å²) in [6.45, 7) is 3.31. The lowest BCUT2D eigenvalue weighted by Gasteiger charge is -2.35. The number of carbonyl (C=O) groups excluding carboxylic acids is 1. The van der Waals surface area contributed by atoms with Gasteiger partial charge in [-0.2, -0.15) is 0 Å². The van der Waals surface area contributed by atoms with Crippen LogP contribution in [0.1, 0.15) is 24.1 Å². The van der Waals surface area contributed by atoms with Gasteiger partial charge in [0.05, 0.1) is 20.8 Å². The molecule has 2 aromatic rings. The maximum absolute atomic E-state index is 12.6. The van der Waals surface area contributed by atoms with Crippen LogP contribution in [0.2, 0.25) is 0 Å². The van der Waals surface area contributed by atoms with Gasteiger partial charge in [-0.25, -0.2) is 0 Å². The van der Waals surface area contributed by atoms with Gasteiger partial charge >= 0.3 is 0 Å². The number of nitrogens with one attached hydrogen (secondary N) is 1. The van der Waals surface area contributed by atoms with Gasteiger partial charge in [-0.3, -0.25) is 9.69 Å². The number of anilines is 2. The number of benzene rings is 2. The molecular weight excluding hydrogens is 354 g/mol. The van der Waals surface area contributed by atoms with Crippen molar-refractivity contribution in [3.63, 3.8) is 0 Å². The van der Waals surface area contributed by atoms with Gasteiger partial charge in [-0.15, -0.1) is 0 Å². The fraction of sp³-hybridized carbons (Fsp3) is 0.409. The molecule has 1 aliphatic heterocycles. The highest BCUT2D eigenvalue weighted by molar-refractivity contribution is 5.92. The number of fused-ring (bicyclic) bond motifs is 1. The van der Waals surface area contributed by atoms with Crippen LogP contribution in [-0.2, 0) is 11.2 Å². The Bertz CT molecular complexity index is 834. The molecular formula is C22H29N3O3. The highest BCUT2D eigenvalue weighted by atomic mass is 16.5. The average Bonchev–Trinajstić information content (AvgIpc) is 2.69. The first-order valence-electron chi connectivity index (χ1n) is 9.49. The van der Waals surface area contributed by atoms with Crippen LogP contribution in [0.15, 0.2) is 36.4 Å². The van der Waals surface area contributed by atoms with E-state index in [0.717, 1.165) is 35.8 Å². The van der Waals surface area contributed by atoms with Crippen molar-refractivity contribution in [2.75, 3.05) is 51.6 Å². The Balaban J connectivity index is 1.67. The molecule has 0 saturated carbocycles. The number of hydrogen-bond acceptors (Lipinski definition) is 5. The molecule has 0 aromatic heterocycles. The van der Waals surface area contributed by atoms with Crippen molar-refractivity contribution in [3.05, 3.63) is 47.5 Å². The van der Waals surface area contributed by atoms with Gasteiger partial charge in [0.25, 0.3) is 0 Å². The first-order valence-corrected chi connectivity index (χ1v) is 9.49. The van der Waals surface area contributed by atoms with Gasteiger partial charge < -0.3 is 19.7 Å². The molecule has 1 aliphatic rings. The number of ether oxygens (including phenoxy) is 2. The van der Waals surface area contributed by atoms with Crippen molar-refractivity contribution < 1.29 is 14.3 Å². The standard InChI is InChI=1S/C22H29N3O3/c1-15-19-13-21(28-5)20(27-4)12-16(19)10-11-25(15)14-22(26)23-17-6-8-18(9-7-17)24(2)3/h6-9,12-13,15H,10-11,14H2,1-5H3,(H,23,26)/t15-/m0/s1. The summed E-state index contributed by atoms with van der Waals surface area (Å²) in [6, 6.07) is 12.1. The van der Waals surface area contributed by atoms with E-state index in [4.69, 9.17) is 9.47 Å². The van der Waals surface area contributed by atoms with E-state index in [-0.39, 0.29) is 11.9 Å². The zero-order valence-electron chi connectivity index (χ0n) is 17.3. The zero-order chi connectivity index (χ0) is 20.3. The van der Waals surface area contributed by atoms with Crippen LogP contribution in [0.25, 0.3) is 0 Å². The van der Waals surface area contributed by atoms with Crippen LogP contribution in [0.3, 0.4) is 0 Å². The monoisotopic (exact) mass is 383 g/mol. The predicted octanol–water partition coefficient (Wildman–Crippen LogP) is 3.33. The van der Waals surface area contributed by atoms with Gasteiger partial charge in [0.15, 0.2) is 11.5 Å². The predicted molar refractivity (Wildman–Crippen MR) is 113 cm³/mol. The molecule has 28 heavy (non-hydrogen) atoms. The molecule has 0 radical (unpaired) electrons. The van der Waals surface area contributed by atoms with Gasteiger partial charge in [0.2, 0.25) is 5.91 Å². The Labute approximate surface area is 167 Å². The molecule has 0 aliphatic carbocycles. The summed E-state index contributed by atoms with van der Waals surface area (Å²) < 4.78 is 10.9. The molecule has 1 N–H and O–H groups in total. The van der Waals surface area contributed by atoms with Gasteiger partial charge in [-0.1, -0.05) is 0 Å². The highest BCUT2D eigenvalue weighted by Crippen LogP contribution is 2.37. The van der Waals surface area contributed by atoms with E-state index < -0.39 is 0 Å². The van der Waals surface area contributed by atoms with Crippen LogP contribution in [0.5, 0.6) is 11.5 Å². The number of hydrogen-bond donors (Lipinski definition) is 1. The molecule has 0 bridgehead atoms. The van der Waals surface area contributed by atoms with E-state index in [1.54, 1.807) is 14.2 Å². The summed E-state index contributed by atoms with van der Waals surface area (Å²) in [5.41, 5.74) is 4.35. The quantitative estimate of drug-likeness (QED) is 0.829. The fourth-order valence-electron chi connectivity index (χ4n) is 3.64. The summed E-state index contributed by atoms with van der Waals surface area (Å²) in [4.78, 5) is 16.8. The largest absolute Gasteiger partial charge is 0.493 e. The summed E-state index contributed by atoms with van der Waals surface area (Å²) in [6.07, 6.45) is 0.880. The second-order valence-corrected chi connectivity index (χ2v) is 7.29. The summed E-state index contributed by atoms with van der Waals surface area (Å²) in [5, 5.41) is 3.00. The van der Waals surface area contributed by atoms with Gasteiger partial charge in [0, 0.05) is 38.1 Å². The van der Waals surface area contributed by atoms with E-state index in [1.807, 2.05) is 55.4 Å². The third-order valence-corrected chi connectivity index (χ3v) is 5.33. The Hall–Kier alpha value is -2.73. The molecule has 2 aromatic carbocycles. The minimum absolute atomic E-state index is 0.00613. The molecule has 1 heterocycles. The molecule has 1 amide bonds. The molecule has 150 valence electrons. The third-order valence-electron chi connectivity index (χ3n) is 5.33. The first-order chi connectivity index (χ1) is 13.4. The lowest BCUT2D eigenvalue weighted by molar-refractivity contribution is -0.117. The van der Waals surface area contributed by atoms with Crippen LogP contribution in [0.4, 0.5) is 11.4 Å². The number of amides is 1. The Morgan fingerprint density at radius 3 is 2.39 bits per heavy atom. The van der Waals surface area contributed by atoms with Gasteiger partial charge in [0.1, 0.15) is 0 Å². The van der Waals surface area contributed by atoms with Gasteiger partial charge in [-0.05, 0) is 60.9 Å². The number of nitrogens with zero attached hydrogens (tertiary/aromatic N) is 2. The van der Waals surface area contributed by atoms with E-state index in [2.05, 4.69) is 17.1 Å². The van der Waals surface area contributed by atoms with Crippen LogP contribution in [0, 0.1) is 0 Å². The summed E-state index contributed by atoms with van der Waals surface area (Å²) in [5.74, 6) is 1.47. The topological polar surface area (TPSA) is 54.0 Å². The second kappa shape index (κ2) is 8.52. The number of methoxy groups -OCH3 is 2. The SMILES string of the molecule is COc1cc2c(cc1OC)[C@H](C)N(CC(=O)Nc1ccc(N(C)C)cc1)CC2. The van der Waals surface area contributed by atoms with Crippen molar-refractivity contribution >= 4 is 17.3 Å². The first kappa shape index (κ1) is 20.0. The highest BCUT2D eigenvalue weighted by Gasteiger charge is 2.27. The van der Waals surface area contributed by atoms with Crippen molar-refractivity contribution in [2.45, 2.75) is 19.4 Å².